The average molecular weight is 343 g/mol. The summed E-state index contributed by atoms with van der Waals surface area (Å²) in [5, 5.41) is 4.06. The van der Waals surface area contributed by atoms with E-state index in [1.807, 2.05) is 0 Å². The molecule has 1 aromatic heterocycles. The Morgan fingerprint density at radius 3 is 2.36 bits per heavy atom. The molecule has 0 spiro atoms. The van der Waals surface area contributed by atoms with Crippen LogP contribution in [0.2, 0.25) is 10.0 Å². The predicted molar refractivity (Wildman–Crippen MR) is 77.5 cm³/mol. The fourth-order valence-electron chi connectivity index (χ4n) is 1.89. The molecule has 112 valence electrons. The normalized spacial score (nSPS) is 10.9. The molecule has 0 bridgehead atoms. The lowest BCUT2D eigenvalue weighted by molar-refractivity contribution is 0.504. The fraction of sp³-hybridized carbons (Fsp3) is 0. The molecule has 1 heterocycles. The first-order valence-electron chi connectivity index (χ1n) is 5.98. The third-order valence-electron chi connectivity index (χ3n) is 2.88. The Kier molecular flexibility index (Phi) is 3.72. The monoisotopic (exact) mass is 342 g/mol. The summed E-state index contributed by atoms with van der Waals surface area (Å²) >= 11 is 11.9. The van der Waals surface area contributed by atoms with Crippen LogP contribution in [0.3, 0.4) is 0 Å². The molecule has 0 unspecified atom stereocenters. The molecule has 0 aliphatic heterocycles. The number of aromatic nitrogens is 2. The van der Waals surface area contributed by atoms with E-state index in [1.165, 1.54) is 18.2 Å². The highest BCUT2D eigenvalue weighted by Crippen LogP contribution is 2.29. The summed E-state index contributed by atoms with van der Waals surface area (Å²) in [6.07, 6.45) is 0. The van der Waals surface area contributed by atoms with E-state index >= 15 is 0 Å². The lowest BCUT2D eigenvalue weighted by Gasteiger charge is -2.03. The average Bonchev–Trinajstić information content (AvgIpc) is 2.83. The van der Waals surface area contributed by atoms with E-state index in [2.05, 4.69) is 5.10 Å². The maximum absolute atomic E-state index is 13.7. The smallest absolute Gasteiger partial charge is 0.387 e. The summed E-state index contributed by atoms with van der Waals surface area (Å²) < 4.78 is 33.1. The molecule has 0 saturated heterocycles. The first-order chi connectivity index (χ1) is 10.5. The summed E-state index contributed by atoms with van der Waals surface area (Å²) in [5.41, 5.74) is -0.387. The van der Waals surface area contributed by atoms with Crippen LogP contribution < -0.4 is 5.76 Å². The zero-order valence-corrected chi connectivity index (χ0v) is 12.2. The highest BCUT2D eigenvalue weighted by atomic mass is 35.5. The Bertz CT molecular complexity index is 901. The minimum Gasteiger partial charge on any atom is -0.387 e. The summed E-state index contributed by atoms with van der Waals surface area (Å²) in [5.74, 6) is -3.23. The summed E-state index contributed by atoms with van der Waals surface area (Å²) in [6.45, 7) is 0. The zero-order valence-electron chi connectivity index (χ0n) is 10.7. The van der Waals surface area contributed by atoms with Crippen molar-refractivity contribution >= 4 is 23.2 Å². The third-order valence-corrected chi connectivity index (χ3v) is 3.69. The van der Waals surface area contributed by atoms with Gasteiger partial charge in [-0.15, -0.1) is 5.10 Å². The lowest BCUT2D eigenvalue weighted by atomic mass is 10.2. The topological polar surface area (TPSA) is 48.0 Å². The molecule has 0 saturated carbocycles. The molecule has 0 atom stereocenters. The van der Waals surface area contributed by atoms with Crippen LogP contribution in [0.4, 0.5) is 8.78 Å². The van der Waals surface area contributed by atoms with Gasteiger partial charge in [0.2, 0.25) is 0 Å². The van der Waals surface area contributed by atoms with E-state index < -0.39 is 28.8 Å². The highest BCUT2D eigenvalue weighted by molar-refractivity contribution is 6.43. The molecule has 4 nitrogen and oxygen atoms in total. The quantitative estimate of drug-likeness (QED) is 0.705. The second-order valence-corrected chi connectivity index (χ2v) is 5.04. The molecule has 3 aromatic rings. The van der Waals surface area contributed by atoms with Gasteiger partial charge in [0, 0.05) is 0 Å². The third kappa shape index (κ3) is 2.40. The first kappa shape index (κ1) is 14.7. The van der Waals surface area contributed by atoms with Gasteiger partial charge in [-0.25, -0.2) is 13.6 Å². The number of benzene rings is 2. The van der Waals surface area contributed by atoms with E-state index in [1.54, 1.807) is 6.07 Å². The van der Waals surface area contributed by atoms with E-state index in [0.717, 1.165) is 16.8 Å². The number of hydrogen-bond acceptors (Lipinski definition) is 3. The minimum absolute atomic E-state index is 0.0696. The van der Waals surface area contributed by atoms with Crippen molar-refractivity contribution in [2.24, 2.45) is 0 Å². The van der Waals surface area contributed by atoms with Crippen LogP contribution in [-0.4, -0.2) is 9.78 Å². The van der Waals surface area contributed by atoms with Gasteiger partial charge in [0.15, 0.2) is 0 Å². The van der Waals surface area contributed by atoms with Crippen LogP contribution in [0.5, 0.6) is 0 Å². The van der Waals surface area contributed by atoms with Crippen LogP contribution in [0.15, 0.2) is 45.6 Å². The van der Waals surface area contributed by atoms with Crippen molar-refractivity contribution < 1.29 is 13.2 Å². The summed E-state index contributed by atoms with van der Waals surface area (Å²) in [6, 6.07) is 7.80. The van der Waals surface area contributed by atoms with Gasteiger partial charge in [0.05, 0.1) is 15.7 Å². The van der Waals surface area contributed by atoms with Gasteiger partial charge in [0.25, 0.3) is 5.89 Å². The Morgan fingerprint density at radius 2 is 1.68 bits per heavy atom. The van der Waals surface area contributed by atoms with Crippen molar-refractivity contribution in [3.8, 4) is 17.1 Å². The van der Waals surface area contributed by atoms with Gasteiger partial charge in [-0.1, -0.05) is 35.3 Å². The number of nitrogens with zero attached hydrogens (tertiary/aromatic N) is 2. The Hall–Kier alpha value is -2.18. The second kappa shape index (κ2) is 5.55. The number of halogens is 4. The van der Waals surface area contributed by atoms with Gasteiger partial charge < -0.3 is 4.42 Å². The molecule has 0 aliphatic rings. The molecular weight excluding hydrogens is 337 g/mol. The molecule has 3 rings (SSSR count). The van der Waals surface area contributed by atoms with Gasteiger partial charge in [-0.3, -0.25) is 0 Å². The van der Waals surface area contributed by atoms with E-state index in [-0.39, 0.29) is 15.7 Å². The largest absolute Gasteiger partial charge is 0.442 e. The standard InChI is InChI=1S/C14H6Cl2F2N2O2/c15-7-3-1-6-10(12(7)16)20-14(21)22-13(19-20)11-8(17)4-2-5-9(11)18/h1-6H. The Balaban J connectivity index is 2.21. The molecule has 2 aromatic carbocycles. The second-order valence-electron chi connectivity index (χ2n) is 4.25. The maximum atomic E-state index is 13.7. The number of rotatable bonds is 2. The molecule has 22 heavy (non-hydrogen) atoms. The van der Waals surface area contributed by atoms with Crippen molar-refractivity contribution in [3.63, 3.8) is 0 Å². The van der Waals surface area contributed by atoms with Gasteiger partial charge in [-0.2, -0.15) is 4.68 Å². The van der Waals surface area contributed by atoms with Gasteiger partial charge in [-0.05, 0) is 24.3 Å². The summed E-state index contributed by atoms with van der Waals surface area (Å²) in [4.78, 5) is 11.9. The SMILES string of the molecule is O=c1oc(-c2c(F)cccc2F)nn1-c1cccc(Cl)c1Cl. The fourth-order valence-corrected chi connectivity index (χ4v) is 2.26. The van der Waals surface area contributed by atoms with Crippen LogP contribution in [0, 0.1) is 11.6 Å². The molecule has 0 amide bonds. The maximum Gasteiger partial charge on any atom is 0.442 e. The molecule has 0 aliphatic carbocycles. The highest BCUT2D eigenvalue weighted by Gasteiger charge is 2.20. The van der Waals surface area contributed by atoms with Crippen molar-refractivity contribution in [3.05, 3.63) is 68.6 Å². The summed E-state index contributed by atoms with van der Waals surface area (Å²) in [7, 11) is 0. The molecule has 0 N–H and O–H groups in total. The van der Waals surface area contributed by atoms with E-state index in [0.29, 0.717) is 0 Å². The van der Waals surface area contributed by atoms with Gasteiger partial charge in [0.1, 0.15) is 17.2 Å². The molecule has 0 radical (unpaired) electrons. The van der Waals surface area contributed by atoms with Crippen LogP contribution >= 0.6 is 23.2 Å². The predicted octanol–water partition coefficient (Wildman–Crippen LogP) is 4.08. The Labute approximate surface area is 132 Å². The lowest BCUT2D eigenvalue weighted by Crippen LogP contribution is -2.13. The van der Waals surface area contributed by atoms with Crippen LogP contribution in [-0.2, 0) is 0 Å². The van der Waals surface area contributed by atoms with Crippen molar-refractivity contribution in [2.45, 2.75) is 0 Å². The zero-order chi connectivity index (χ0) is 15.9. The molecule has 0 fully saturated rings. The minimum atomic E-state index is -0.943. The van der Waals surface area contributed by atoms with Crippen molar-refractivity contribution in [1.82, 2.24) is 9.78 Å². The van der Waals surface area contributed by atoms with E-state index in [9.17, 15) is 13.6 Å². The van der Waals surface area contributed by atoms with Crippen LogP contribution in [0.25, 0.3) is 17.1 Å². The van der Waals surface area contributed by atoms with Crippen LogP contribution in [0.1, 0.15) is 0 Å². The van der Waals surface area contributed by atoms with Crippen molar-refractivity contribution in [1.29, 1.82) is 0 Å². The first-order valence-corrected chi connectivity index (χ1v) is 6.73. The Morgan fingerprint density at radius 1 is 1.05 bits per heavy atom. The number of hydrogen-bond donors (Lipinski definition) is 0. The molecule has 8 heteroatoms. The van der Waals surface area contributed by atoms with E-state index in [4.69, 9.17) is 27.6 Å². The van der Waals surface area contributed by atoms with Crippen molar-refractivity contribution in [2.75, 3.05) is 0 Å². The van der Waals surface area contributed by atoms with Gasteiger partial charge >= 0.3 is 5.76 Å². The molecular formula is C14H6Cl2F2N2O2.